The number of nitrogens with one attached hydrogen (secondary N) is 2. The molecular formula is C26H27F3N4O2. The van der Waals surface area contributed by atoms with Crippen LogP contribution in [0.2, 0.25) is 0 Å². The molecule has 2 aromatic carbocycles. The molecule has 0 radical (unpaired) electrons. The van der Waals surface area contributed by atoms with Crippen molar-refractivity contribution in [2.45, 2.75) is 37.1 Å². The number of benzene rings is 2. The van der Waals surface area contributed by atoms with Gasteiger partial charge >= 0.3 is 6.18 Å². The van der Waals surface area contributed by atoms with Gasteiger partial charge in [-0.3, -0.25) is 0 Å². The molecule has 0 bridgehead atoms. The standard InChI is InChI=1S/C26H27F3N4O2/c1-34-22-9-8-17(13-23(22)35-2)20-14-24(26(27,28)29)33-25(31-20)15-21(32-33)18-10-11-30-19(12-18)16-6-4-3-5-7-16/h3-9,12-13,15,19-20,24,30-31H,10-11,14H2,1-2H3. The van der Waals surface area contributed by atoms with Crippen LogP contribution < -0.4 is 20.1 Å². The summed E-state index contributed by atoms with van der Waals surface area (Å²) >= 11 is 0. The number of rotatable bonds is 5. The number of fused-ring (bicyclic) bond motifs is 1. The highest BCUT2D eigenvalue weighted by Gasteiger charge is 2.46. The second kappa shape index (κ2) is 9.30. The van der Waals surface area contributed by atoms with Gasteiger partial charge in [-0.15, -0.1) is 0 Å². The van der Waals surface area contributed by atoms with E-state index >= 15 is 0 Å². The SMILES string of the molecule is COc1ccc(C2CC(C(F)(F)F)n3nc(C4=CC(c5ccccc5)NCC4)cc3N2)cc1OC. The van der Waals surface area contributed by atoms with Crippen LogP contribution in [0.15, 0.2) is 60.7 Å². The number of alkyl halides is 3. The Balaban J connectivity index is 1.49. The number of aromatic nitrogens is 2. The summed E-state index contributed by atoms with van der Waals surface area (Å²) in [7, 11) is 3.03. The first-order valence-corrected chi connectivity index (χ1v) is 11.5. The summed E-state index contributed by atoms with van der Waals surface area (Å²) < 4.78 is 54.2. The third-order valence-electron chi connectivity index (χ3n) is 6.61. The molecule has 5 rings (SSSR count). The molecule has 6 nitrogen and oxygen atoms in total. The molecule has 3 atom stereocenters. The summed E-state index contributed by atoms with van der Waals surface area (Å²) in [6.07, 6.45) is -1.87. The van der Waals surface area contributed by atoms with Gasteiger partial charge in [0.05, 0.1) is 32.0 Å². The Kier molecular flexibility index (Phi) is 6.19. The van der Waals surface area contributed by atoms with E-state index in [2.05, 4.69) is 21.8 Å². The van der Waals surface area contributed by atoms with Gasteiger partial charge in [0.25, 0.3) is 0 Å². The van der Waals surface area contributed by atoms with Gasteiger partial charge in [-0.1, -0.05) is 42.5 Å². The summed E-state index contributed by atoms with van der Waals surface area (Å²) in [5, 5.41) is 11.2. The van der Waals surface area contributed by atoms with Crippen LogP contribution in [0.5, 0.6) is 11.5 Å². The molecule has 2 N–H and O–H groups in total. The number of ether oxygens (including phenoxy) is 2. The van der Waals surface area contributed by atoms with E-state index in [1.54, 1.807) is 24.3 Å². The lowest BCUT2D eigenvalue weighted by Gasteiger charge is -2.33. The van der Waals surface area contributed by atoms with Gasteiger partial charge in [-0.05, 0) is 35.3 Å². The third kappa shape index (κ3) is 4.60. The minimum atomic E-state index is -4.44. The van der Waals surface area contributed by atoms with Gasteiger partial charge in [-0.2, -0.15) is 18.3 Å². The molecule has 35 heavy (non-hydrogen) atoms. The molecule has 0 aliphatic carbocycles. The van der Waals surface area contributed by atoms with E-state index in [4.69, 9.17) is 9.47 Å². The highest BCUT2D eigenvalue weighted by molar-refractivity contribution is 5.67. The summed E-state index contributed by atoms with van der Waals surface area (Å²) in [6.45, 7) is 0.720. The van der Waals surface area contributed by atoms with Gasteiger partial charge in [0.1, 0.15) is 5.82 Å². The first-order chi connectivity index (χ1) is 16.9. The average molecular weight is 485 g/mol. The normalized spacial score (nSPS) is 22.1. The molecule has 0 saturated carbocycles. The van der Waals surface area contributed by atoms with E-state index < -0.39 is 18.3 Å². The Morgan fingerprint density at radius 1 is 0.971 bits per heavy atom. The maximum absolute atomic E-state index is 14.2. The fourth-order valence-electron chi connectivity index (χ4n) is 4.81. The van der Waals surface area contributed by atoms with E-state index in [-0.39, 0.29) is 12.5 Å². The lowest BCUT2D eigenvalue weighted by Crippen LogP contribution is -2.35. The largest absolute Gasteiger partial charge is 0.493 e. The molecule has 0 spiro atoms. The molecule has 0 saturated heterocycles. The zero-order valence-corrected chi connectivity index (χ0v) is 19.5. The molecule has 1 aromatic heterocycles. The van der Waals surface area contributed by atoms with Gasteiger partial charge in [0, 0.05) is 19.0 Å². The van der Waals surface area contributed by atoms with Crippen molar-refractivity contribution in [3.63, 3.8) is 0 Å². The van der Waals surface area contributed by atoms with E-state index in [1.807, 2.05) is 30.3 Å². The molecule has 2 aliphatic heterocycles. The Morgan fingerprint density at radius 3 is 2.46 bits per heavy atom. The second-order valence-electron chi connectivity index (χ2n) is 8.75. The molecular weight excluding hydrogens is 457 g/mol. The van der Waals surface area contributed by atoms with Crippen molar-refractivity contribution in [2.24, 2.45) is 0 Å². The molecule has 0 amide bonds. The fraction of sp³-hybridized carbons (Fsp3) is 0.346. The number of hydrogen-bond donors (Lipinski definition) is 2. The number of hydrogen-bond acceptors (Lipinski definition) is 5. The number of anilines is 1. The Morgan fingerprint density at radius 2 is 1.74 bits per heavy atom. The topological polar surface area (TPSA) is 60.3 Å². The third-order valence-corrected chi connectivity index (χ3v) is 6.61. The van der Waals surface area contributed by atoms with Crippen LogP contribution in [-0.2, 0) is 0 Å². The van der Waals surface area contributed by atoms with Crippen LogP contribution in [0, 0.1) is 0 Å². The summed E-state index contributed by atoms with van der Waals surface area (Å²) in [4.78, 5) is 0. The lowest BCUT2D eigenvalue weighted by atomic mass is 9.96. The Bertz CT molecular complexity index is 1220. The lowest BCUT2D eigenvalue weighted by molar-refractivity contribution is -0.173. The van der Waals surface area contributed by atoms with Gasteiger partial charge in [-0.25, -0.2) is 4.68 Å². The van der Waals surface area contributed by atoms with E-state index in [9.17, 15) is 13.2 Å². The van der Waals surface area contributed by atoms with Gasteiger partial charge < -0.3 is 20.1 Å². The van der Waals surface area contributed by atoms with Crippen LogP contribution in [0.4, 0.5) is 19.0 Å². The summed E-state index contributed by atoms with van der Waals surface area (Å²) in [6, 6.07) is 14.6. The quantitative estimate of drug-likeness (QED) is 0.488. The zero-order valence-electron chi connectivity index (χ0n) is 19.5. The first kappa shape index (κ1) is 23.3. The Hall–Kier alpha value is -3.46. The smallest absolute Gasteiger partial charge is 0.410 e. The van der Waals surface area contributed by atoms with Gasteiger partial charge in [0.2, 0.25) is 0 Å². The highest BCUT2D eigenvalue weighted by atomic mass is 19.4. The predicted octanol–water partition coefficient (Wildman–Crippen LogP) is 5.68. The fourth-order valence-corrected chi connectivity index (χ4v) is 4.81. The second-order valence-corrected chi connectivity index (χ2v) is 8.75. The van der Waals surface area contributed by atoms with Crippen molar-refractivity contribution < 1.29 is 22.6 Å². The molecule has 9 heteroatoms. The van der Waals surface area contributed by atoms with E-state index in [0.717, 1.165) is 22.4 Å². The van der Waals surface area contributed by atoms with Crippen molar-refractivity contribution in [3.05, 3.63) is 77.5 Å². The van der Waals surface area contributed by atoms with Crippen molar-refractivity contribution in [1.29, 1.82) is 0 Å². The van der Waals surface area contributed by atoms with E-state index in [1.165, 1.54) is 14.2 Å². The highest BCUT2D eigenvalue weighted by Crippen LogP contribution is 2.45. The predicted molar refractivity (Wildman–Crippen MR) is 128 cm³/mol. The van der Waals surface area contributed by atoms with E-state index in [0.29, 0.717) is 35.0 Å². The van der Waals surface area contributed by atoms with Crippen LogP contribution in [0.3, 0.4) is 0 Å². The van der Waals surface area contributed by atoms with Crippen LogP contribution in [0.25, 0.3) is 5.57 Å². The molecule has 2 aliphatic rings. The van der Waals surface area contributed by atoms with Crippen molar-refractivity contribution in [1.82, 2.24) is 15.1 Å². The zero-order chi connectivity index (χ0) is 24.6. The molecule has 3 unspecified atom stereocenters. The molecule has 3 heterocycles. The minimum absolute atomic E-state index is 0.00966. The van der Waals surface area contributed by atoms with Crippen LogP contribution in [-0.4, -0.2) is 36.7 Å². The van der Waals surface area contributed by atoms with Crippen molar-refractivity contribution in [3.8, 4) is 11.5 Å². The maximum atomic E-state index is 14.2. The summed E-state index contributed by atoms with van der Waals surface area (Å²) in [5.74, 6) is 1.35. The number of halogens is 3. The minimum Gasteiger partial charge on any atom is -0.493 e. The van der Waals surface area contributed by atoms with Crippen molar-refractivity contribution >= 4 is 11.4 Å². The average Bonchev–Trinajstić information content (AvgIpc) is 3.32. The molecule has 3 aromatic rings. The Labute approximate surface area is 201 Å². The molecule has 0 fully saturated rings. The van der Waals surface area contributed by atoms with Crippen LogP contribution >= 0.6 is 0 Å². The van der Waals surface area contributed by atoms with Crippen LogP contribution in [0.1, 0.15) is 47.8 Å². The monoisotopic (exact) mass is 484 g/mol. The first-order valence-electron chi connectivity index (χ1n) is 11.5. The van der Waals surface area contributed by atoms with Gasteiger partial charge in [0.15, 0.2) is 17.5 Å². The van der Waals surface area contributed by atoms with Crippen molar-refractivity contribution in [2.75, 3.05) is 26.1 Å². The number of methoxy groups -OCH3 is 2. The maximum Gasteiger partial charge on any atom is 0.410 e. The summed E-state index contributed by atoms with van der Waals surface area (Å²) in [5.41, 5.74) is 3.30. The molecule has 184 valence electrons. The number of nitrogens with zero attached hydrogens (tertiary/aromatic N) is 2.